The van der Waals surface area contributed by atoms with Gasteiger partial charge in [-0.25, -0.2) is 9.00 Å². The van der Waals surface area contributed by atoms with Gasteiger partial charge < -0.3 is 10.4 Å². The van der Waals surface area contributed by atoms with Crippen LogP contribution in [0.3, 0.4) is 0 Å². The second-order valence-corrected chi connectivity index (χ2v) is 9.37. The third-order valence-electron chi connectivity index (χ3n) is 5.39. The molecular weight excluding hydrogens is 468 g/mol. The number of anilines is 2. The van der Waals surface area contributed by atoms with E-state index in [0.29, 0.717) is 14.9 Å². The van der Waals surface area contributed by atoms with E-state index in [4.69, 9.17) is 0 Å². The molecule has 2 atom stereocenters. The van der Waals surface area contributed by atoms with Crippen LogP contribution in [0.4, 0.5) is 11.4 Å². The molecule has 0 bridgehead atoms. The van der Waals surface area contributed by atoms with Crippen LogP contribution in [-0.4, -0.2) is 21.2 Å². The highest BCUT2D eigenvalue weighted by atomic mass is 79.9. The van der Waals surface area contributed by atoms with Crippen molar-refractivity contribution in [2.75, 3.05) is 9.62 Å². The Bertz CT molecular complexity index is 1260. The molecular formula is C22H15BrN2O4S. The van der Waals surface area contributed by atoms with Crippen molar-refractivity contribution < 1.29 is 18.9 Å². The first-order valence-electron chi connectivity index (χ1n) is 9.21. The van der Waals surface area contributed by atoms with Gasteiger partial charge in [-0.2, -0.15) is 0 Å². The number of nitrogens with zero attached hydrogens (tertiary/aromatic N) is 1. The number of rotatable bonds is 3. The summed E-state index contributed by atoms with van der Waals surface area (Å²) in [5.41, 5.74) is 3.60. The number of halogens is 1. The SMILES string of the molecule is O=C(Nc1ccc(Br)cc1C(=O)O)c1ccc2c(c1)S(=O)N1c3ccccc3CC21. The lowest BCUT2D eigenvalue weighted by Crippen LogP contribution is -2.19. The lowest BCUT2D eigenvalue weighted by molar-refractivity contribution is 0.0698. The molecule has 1 amide bonds. The van der Waals surface area contributed by atoms with E-state index in [1.54, 1.807) is 18.2 Å². The van der Waals surface area contributed by atoms with E-state index < -0.39 is 22.9 Å². The number of carbonyl (C=O) groups is 2. The van der Waals surface area contributed by atoms with Crippen molar-refractivity contribution >= 4 is 50.2 Å². The summed E-state index contributed by atoms with van der Waals surface area (Å²) in [4.78, 5) is 24.9. The van der Waals surface area contributed by atoms with Crippen LogP contribution in [0.5, 0.6) is 0 Å². The molecule has 0 aromatic heterocycles. The zero-order valence-corrected chi connectivity index (χ0v) is 17.9. The molecule has 0 saturated heterocycles. The molecule has 3 aromatic carbocycles. The Kier molecular flexibility index (Phi) is 4.48. The van der Waals surface area contributed by atoms with E-state index in [2.05, 4.69) is 21.2 Å². The van der Waals surface area contributed by atoms with Gasteiger partial charge in [0.15, 0.2) is 11.0 Å². The minimum atomic E-state index is -1.40. The van der Waals surface area contributed by atoms with Gasteiger partial charge in [0.05, 0.1) is 27.9 Å². The molecule has 150 valence electrons. The average Bonchev–Trinajstić information content (AvgIpc) is 3.24. The molecule has 30 heavy (non-hydrogen) atoms. The number of aromatic carboxylic acids is 1. The maximum absolute atomic E-state index is 13.2. The predicted octanol–water partition coefficient (Wildman–Crippen LogP) is 4.54. The monoisotopic (exact) mass is 482 g/mol. The molecule has 2 heterocycles. The topological polar surface area (TPSA) is 86.7 Å². The molecule has 2 aliphatic heterocycles. The van der Waals surface area contributed by atoms with Crippen molar-refractivity contribution in [2.24, 2.45) is 0 Å². The van der Waals surface area contributed by atoms with E-state index in [1.165, 1.54) is 17.7 Å². The number of amides is 1. The summed E-state index contributed by atoms with van der Waals surface area (Å²) in [6, 6.07) is 17.7. The van der Waals surface area contributed by atoms with Gasteiger partial charge in [0.1, 0.15) is 0 Å². The minimum Gasteiger partial charge on any atom is -0.478 e. The highest BCUT2D eigenvalue weighted by Crippen LogP contribution is 2.48. The Morgan fingerprint density at radius 2 is 1.90 bits per heavy atom. The van der Waals surface area contributed by atoms with Crippen LogP contribution in [0, 0.1) is 0 Å². The number of nitrogens with one attached hydrogen (secondary N) is 1. The summed E-state index contributed by atoms with van der Waals surface area (Å²) in [5, 5.41) is 12.0. The molecule has 0 radical (unpaired) electrons. The smallest absolute Gasteiger partial charge is 0.337 e. The Morgan fingerprint density at radius 1 is 1.10 bits per heavy atom. The largest absolute Gasteiger partial charge is 0.478 e. The Labute approximate surface area is 183 Å². The van der Waals surface area contributed by atoms with Crippen molar-refractivity contribution in [3.63, 3.8) is 0 Å². The molecule has 3 aromatic rings. The fraction of sp³-hybridized carbons (Fsp3) is 0.0909. The summed E-state index contributed by atoms with van der Waals surface area (Å²) in [6.07, 6.45) is 0.779. The van der Waals surface area contributed by atoms with Gasteiger partial charge in [-0.3, -0.25) is 9.10 Å². The van der Waals surface area contributed by atoms with Gasteiger partial charge in [-0.1, -0.05) is 40.2 Å². The molecule has 0 saturated carbocycles. The molecule has 8 heteroatoms. The zero-order valence-electron chi connectivity index (χ0n) is 15.5. The van der Waals surface area contributed by atoms with E-state index in [1.807, 2.05) is 34.6 Å². The summed E-state index contributed by atoms with van der Waals surface area (Å²) in [5.74, 6) is -1.59. The van der Waals surface area contributed by atoms with E-state index in [9.17, 15) is 18.9 Å². The number of carboxylic acid groups (broad SMARTS) is 1. The lowest BCUT2D eigenvalue weighted by Gasteiger charge is -2.16. The van der Waals surface area contributed by atoms with Gasteiger partial charge >= 0.3 is 5.97 Å². The predicted molar refractivity (Wildman–Crippen MR) is 117 cm³/mol. The molecule has 2 aliphatic rings. The van der Waals surface area contributed by atoms with Gasteiger partial charge in [0.25, 0.3) is 5.91 Å². The van der Waals surface area contributed by atoms with Crippen LogP contribution in [0.2, 0.25) is 0 Å². The summed E-state index contributed by atoms with van der Waals surface area (Å²) < 4.78 is 15.7. The number of carbonyl (C=O) groups excluding carboxylic acids is 1. The molecule has 2 N–H and O–H groups in total. The Balaban J connectivity index is 1.45. The molecule has 0 aliphatic carbocycles. The number of hydrogen-bond donors (Lipinski definition) is 2. The van der Waals surface area contributed by atoms with Gasteiger partial charge in [0.2, 0.25) is 0 Å². The number of carboxylic acids is 1. The Hall–Kier alpha value is -2.97. The van der Waals surface area contributed by atoms with E-state index in [-0.39, 0.29) is 17.3 Å². The third-order valence-corrected chi connectivity index (χ3v) is 7.42. The van der Waals surface area contributed by atoms with Gasteiger partial charge in [0, 0.05) is 16.5 Å². The average molecular weight is 483 g/mol. The maximum Gasteiger partial charge on any atom is 0.337 e. The first-order chi connectivity index (χ1) is 14.4. The van der Waals surface area contributed by atoms with E-state index >= 15 is 0 Å². The van der Waals surface area contributed by atoms with Crippen LogP contribution >= 0.6 is 15.9 Å². The minimum absolute atomic E-state index is 0.000399. The molecule has 5 rings (SSSR count). The molecule has 0 fully saturated rings. The van der Waals surface area contributed by atoms with Crippen molar-refractivity contribution in [3.8, 4) is 0 Å². The highest BCUT2D eigenvalue weighted by Gasteiger charge is 2.42. The first-order valence-corrected chi connectivity index (χ1v) is 11.1. The Morgan fingerprint density at radius 3 is 2.70 bits per heavy atom. The van der Waals surface area contributed by atoms with Crippen molar-refractivity contribution in [3.05, 3.63) is 87.4 Å². The van der Waals surface area contributed by atoms with Crippen LogP contribution in [0.15, 0.2) is 70.0 Å². The molecule has 2 unspecified atom stereocenters. The molecule has 0 spiro atoms. The van der Waals surface area contributed by atoms with Crippen molar-refractivity contribution in [1.29, 1.82) is 0 Å². The van der Waals surface area contributed by atoms with Crippen molar-refractivity contribution in [1.82, 2.24) is 0 Å². The van der Waals surface area contributed by atoms with Crippen LogP contribution in [0.1, 0.15) is 37.9 Å². The van der Waals surface area contributed by atoms with Crippen LogP contribution in [-0.2, 0) is 17.4 Å². The lowest BCUT2D eigenvalue weighted by atomic mass is 10.0. The zero-order chi connectivity index (χ0) is 21.0. The maximum atomic E-state index is 13.2. The number of benzene rings is 3. The summed E-state index contributed by atoms with van der Waals surface area (Å²) in [7, 11) is -1.40. The van der Waals surface area contributed by atoms with Gasteiger partial charge in [-0.15, -0.1) is 0 Å². The standard InChI is InChI=1S/C22H15BrN2O4S/c23-14-6-8-17(16(11-14)22(27)28)24-21(26)13-5-7-15-19-9-12-3-1-2-4-18(12)25(19)30(29)20(15)10-13/h1-8,10-11,19H,9H2,(H,24,26)(H,27,28). The van der Waals surface area contributed by atoms with Gasteiger partial charge in [-0.05, 0) is 47.5 Å². The highest BCUT2D eigenvalue weighted by molar-refractivity contribution is 9.10. The van der Waals surface area contributed by atoms with Crippen LogP contribution in [0.25, 0.3) is 0 Å². The number of hydrogen-bond acceptors (Lipinski definition) is 3. The second kappa shape index (κ2) is 7.07. The fourth-order valence-corrected chi connectivity index (χ4v) is 5.99. The first kappa shape index (κ1) is 19.0. The van der Waals surface area contributed by atoms with Crippen molar-refractivity contribution in [2.45, 2.75) is 17.4 Å². The number of fused-ring (bicyclic) bond motifs is 5. The molecule has 6 nitrogen and oxygen atoms in total. The van der Waals surface area contributed by atoms with E-state index in [0.717, 1.165) is 17.7 Å². The second-order valence-electron chi connectivity index (χ2n) is 7.13. The normalized spacial score (nSPS) is 18.5. The third kappa shape index (κ3) is 2.95. The quantitative estimate of drug-likeness (QED) is 0.573. The fourth-order valence-electron chi connectivity index (χ4n) is 4.00. The van der Waals surface area contributed by atoms with Crippen LogP contribution < -0.4 is 9.62 Å². The summed E-state index contributed by atoms with van der Waals surface area (Å²) in [6.45, 7) is 0. The number of para-hydroxylation sites is 1. The summed E-state index contributed by atoms with van der Waals surface area (Å²) >= 11 is 3.24.